The first-order chi connectivity index (χ1) is 9.13. The van der Waals surface area contributed by atoms with E-state index in [9.17, 15) is 9.90 Å². The topological polar surface area (TPSA) is 71.2 Å². The summed E-state index contributed by atoms with van der Waals surface area (Å²) >= 11 is 0. The average molecular weight is 266 g/mol. The molecule has 1 aromatic heterocycles. The summed E-state index contributed by atoms with van der Waals surface area (Å²) in [6, 6.07) is -0.358. The number of amides is 1. The van der Waals surface area contributed by atoms with Gasteiger partial charge in [-0.1, -0.05) is 12.1 Å². The second-order valence-corrected chi connectivity index (χ2v) is 5.11. The van der Waals surface area contributed by atoms with Crippen molar-refractivity contribution in [2.45, 2.75) is 51.7 Å². The highest BCUT2D eigenvalue weighted by molar-refractivity contribution is 5.80. The number of rotatable bonds is 4. The molecule has 0 bridgehead atoms. The van der Waals surface area contributed by atoms with Crippen LogP contribution in [0.25, 0.3) is 0 Å². The van der Waals surface area contributed by atoms with Crippen LogP contribution in [-0.2, 0) is 4.79 Å². The minimum atomic E-state index is -0.606. The summed E-state index contributed by atoms with van der Waals surface area (Å²) in [4.78, 5) is 14.2. The molecule has 0 saturated carbocycles. The van der Waals surface area contributed by atoms with Crippen LogP contribution in [0.15, 0.2) is 6.20 Å². The quantitative estimate of drug-likeness (QED) is 0.891. The highest BCUT2D eigenvalue weighted by Crippen LogP contribution is 2.17. The maximum atomic E-state index is 12.3. The van der Waals surface area contributed by atoms with E-state index in [1.54, 1.807) is 10.9 Å². The number of carbonyl (C=O) groups excluding carboxylic acids is 1. The van der Waals surface area contributed by atoms with E-state index in [-0.39, 0.29) is 11.9 Å². The predicted octanol–water partition coefficient (Wildman–Crippen LogP) is 1.29. The number of carbonyl (C=O) groups is 1. The average Bonchev–Trinajstić information content (AvgIpc) is 2.95. The van der Waals surface area contributed by atoms with Crippen LogP contribution in [0, 0.1) is 0 Å². The number of hydrogen-bond donors (Lipinski definition) is 1. The number of piperidine rings is 1. The lowest BCUT2D eigenvalue weighted by atomic mass is 10.1. The zero-order valence-corrected chi connectivity index (χ0v) is 11.6. The Labute approximate surface area is 113 Å². The predicted molar refractivity (Wildman–Crippen MR) is 70.4 cm³/mol. The minimum Gasteiger partial charge on any atom is -0.387 e. The van der Waals surface area contributed by atoms with Crippen molar-refractivity contribution in [2.24, 2.45) is 0 Å². The molecule has 6 heteroatoms. The summed E-state index contributed by atoms with van der Waals surface area (Å²) in [6.45, 7) is 5.38. The Morgan fingerprint density at radius 2 is 2.11 bits per heavy atom. The molecule has 0 aliphatic carbocycles. The molecule has 0 spiro atoms. The molecule has 1 fully saturated rings. The Balaban J connectivity index is 2.03. The molecule has 1 aliphatic heterocycles. The third-order valence-electron chi connectivity index (χ3n) is 3.68. The zero-order valence-electron chi connectivity index (χ0n) is 11.6. The van der Waals surface area contributed by atoms with Crippen LogP contribution in [0.5, 0.6) is 0 Å². The van der Waals surface area contributed by atoms with Crippen molar-refractivity contribution < 1.29 is 9.90 Å². The van der Waals surface area contributed by atoms with Crippen molar-refractivity contribution in [3.05, 3.63) is 11.9 Å². The molecule has 1 amide bonds. The Bertz CT molecular complexity index is 426. The van der Waals surface area contributed by atoms with Crippen LogP contribution in [0.4, 0.5) is 0 Å². The molecule has 2 unspecified atom stereocenters. The Hall–Kier alpha value is -1.43. The van der Waals surface area contributed by atoms with Gasteiger partial charge < -0.3 is 10.0 Å². The van der Waals surface area contributed by atoms with Gasteiger partial charge in [-0.2, -0.15) is 0 Å². The standard InChI is InChI=1S/C13H22N4O2/c1-3-12(18)11-9-17(15-14-11)10(2)13(19)16-7-5-4-6-8-16/h9-10,12,18H,3-8H2,1-2H3. The monoisotopic (exact) mass is 266 g/mol. The third-order valence-corrected chi connectivity index (χ3v) is 3.68. The van der Waals surface area contributed by atoms with Gasteiger partial charge in [0.05, 0.1) is 12.3 Å². The molecule has 6 nitrogen and oxygen atoms in total. The van der Waals surface area contributed by atoms with Crippen LogP contribution in [0.2, 0.25) is 0 Å². The second kappa shape index (κ2) is 6.14. The summed E-state index contributed by atoms with van der Waals surface area (Å²) in [7, 11) is 0. The van der Waals surface area contributed by atoms with Crippen LogP contribution in [0.3, 0.4) is 0 Å². The maximum absolute atomic E-state index is 12.3. The van der Waals surface area contributed by atoms with Crippen molar-refractivity contribution >= 4 is 5.91 Å². The third kappa shape index (κ3) is 3.12. The van der Waals surface area contributed by atoms with Crippen LogP contribution in [0.1, 0.15) is 57.4 Å². The fourth-order valence-electron chi connectivity index (χ4n) is 2.33. The molecule has 1 aliphatic rings. The number of aliphatic hydroxyl groups excluding tert-OH is 1. The molecule has 0 aromatic carbocycles. The number of nitrogens with zero attached hydrogens (tertiary/aromatic N) is 4. The van der Waals surface area contributed by atoms with Crippen molar-refractivity contribution in [1.82, 2.24) is 19.9 Å². The molecule has 1 saturated heterocycles. The summed E-state index contributed by atoms with van der Waals surface area (Å²) in [5, 5.41) is 17.6. The van der Waals surface area contributed by atoms with Gasteiger partial charge in [-0.3, -0.25) is 4.79 Å². The summed E-state index contributed by atoms with van der Waals surface area (Å²) in [5.41, 5.74) is 0.529. The van der Waals surface area contributed by atoms with Crippen LogP contribution < -0.4 is 0 Å². The molecule has 2 atom stereocenters. The fourth-order valence-corrected chi connectivity index (χ4v) is 2.33. The highest BCUT2D eigenvalue weighted by atomic mass is 16.3. The van der Waals surface area contributed by atoms with E-state index >= 15 is 0 Å². The highest BCUT2D eigenvalue weighted by Gasteiger charge is 2.24. The molecule has 2 heterocycles. The maximum Gasteiger partial charge on any atom is 0.247 e. The molecule has 106 valence electrons. The van der Waals surface area contributed by atoms with Gasteiger partial charge in [0.2, 0.25) is 5.91 Å². The van der Waals surface area contributed by atoms with Crippen molar-refractivity contribution in [3.63, 3.8) is 0 Å². The second-order valence-electron chi connectivity index (χ2n) is 5.11. The van der Waals surface area contributed by atoms with E-state index < -0.39 is 6.10 Å². The van der Waals surface area contributed by atoms with Gasteiger partial charge in [0.15, 0.2) is 0 Å². The number of aromatic nitrogens is 3. The number of likely N-dealkylation sites (tertiary alicyclic amines) is 1. The van der Waals surface area contributed by atoms with E-state index in [0.29, 0.717) is 12.1 Å². The molecular formula is C13H22N4O2. The summed E-state index contributed by atoms with van der Waals surface area (Å²) in [6.07, 6.45) is 5.01. The SMILES string of the molecule is CCC(O)c1cn(C(C)C(=O)N2CCCCC2)nn1. The summed E-state index contributed by atoms with van der Waals surface area (Å²) in [5.74, 6) is 0.0853. The van der Waals surface area contributed by atoms with E-state index in [1.807, 2.05) is 18.7 Å². The summed E-state index contributed by atoms with van der Waals surface area (Å²) < 4.78 is 1.55. The first kappa shape index (κ1) is 14.0. The van der Waals surface area contributed by atoms with Gasteiger partial charge in [-0.15, -0.1) is 5.10 Å². The molecule has 1 aromatic rings. The van der Waals surface area contributed by atoms with Gasteiger partial charge in [-0.25, -0.2) is 4.68 Å². The van der Waals surface area contributed by atoms with Gasteiger partial charge in [-0.05, 0) is 32.6 Å². The molecule has 19 heavy (non-hydrogen) atoms. The molecule has 2 rings (SSSR count). The number of hydrogen-bond acceptors (Lipinski definition) is 4. The Morgan fingerprint density at radius 3 is 2.74 bits per heavy atom. The van der Waals surface area contributed by atoms with E-state index in [4.69, 9.17) is 0 Å². The van der Waals surface area contributed by atoms with Crippen molar-refractivity contribution in [2.75, 3.05) is 13.1 Å². The van der Waals surface area contributed by atoms with Crippen LogP contribution in [-0.4, -0.2) is 44.0 Å². The van der Waals surface area contributed by atoms with Gasteiger partial charge >= 0.3 is 0 Å². The zero-order chi connectivity index (χ0) is 13.8. The first-order valence-corrected chi connectivity index (χ1v) is 7.02. The van der Waals surface area contributed by atoms with E-state index in [1.165, 1.54) is 6.42 Å². The van der Waals surface area contributed by atoms with Crippen LogP contribution >= 0.6 is 0 Å². The van der Waals surface area contributed by atoms with Crippen molar-refractivity contribution in [1.29, 1.82) is 0 Å². The smallest absolute Gasteiger partial charge is 0.247 e. The Kier molecular flexibility index (Phi) is 4.52. The van der Waals surface area contributed by atoms with Gasteiger partial charge in [0.25, 0.3) is 0 Å². The number of aliphatic hydroxyl groups is 1. The first-order valence-electron chi connectivity index (χ1n) is 7.02. The van der Waals surface area contributed by atoms with Gasteiger partial charge in [0.1, 0.15) is 11.7 Å². The molecule has 1 N–H and O–H groups in total. The van der Waals surface area contributed by atoms with E-state index in [0.717, 1.165) is 25.9 Å². The fraction of sp³-hybridized carbons (Fsp3) is 0.769. The van der Waals surface area contributed by atoms with Crippen molar-refractivity contribution in [3.8, 4) is 0 Å². The Morgan fingerprint density at radius 1 is 1.42 bits per heavy atom. The lowest BCUT2D eigenvalue weighted by molar-refractivity contribution is -0.135. The molecular weight excluding hydrogens is 244 g/mol. The lowest BCUT2D eigenvalue weighted by Crippen LogP contribution is -2.39. The van der Waals surface area contributed by atoms with Gasteiger partial charge in [0, 0.05) is 13.1 Å². The normalized spacial score (nSPS) is 19.2. The lowest BCUT2D eigenvalue weighted by Gasteiger charge is -2.29. The minimum absolute atomic E-state index is 0.0853. The molecule has 0 radical (unpaired) electrons. The van der Waals surface area contributed by atoms with E-state index in [2.05, 4.69) is 10.3 Å². The largest absolute Gasteiger partial charge is 0.387 e.